The monoisotopic (exact) mass is 442 g/mol. The summed E-state index contributed by atoms with van der Waals surface area (Å²) in [4.78, 5) is 3.92. The van der Waals surface area contributed by atoms with Crippen molar-refractivity contribution in [3.8, 4) is 22.6 Å². The average Bonchev–Trinajstić information content (AvgIpc) is 2.74. The first kappa shape index (κ1) is 21.4. The fourth-order valence-corrected chi connectivity index (χ4v) is 3.27. The molecule has 3 aromatic carbocycles. The Kier molecular flexibility index (Phi) is 5.85. The van der Waals surface area contributed by atoms with Gasteiger partial charge in [-0.3, -0.25) is 0 Å². The standard InChI is InChI=1S/C24H18F4N2O2/c1-2-13-11-30-24(13)32-20-7-6-19(26)23(22(20)28)29-12-15-9-17(31)10-18(21(15)27)14-4-3-5-16(25)8-14/h3-11,29,31H,2,12H2,1H3. The van der Waals surface area contributed by atoms with Crippen LogP contribution in [0.2, 0.25) is 0 Å². The summed E-state index contributed by atoms with van der Waals surface area (Å²) < 4.78 is 63.2. The molecule has 0 saturated carbocycles. The Morgan fingerprint density at radius 2 is 1.81 bits per heavy atom. The van der Waals surface area contributed by atoms with Gasteiger partial charge in [-0.25, -0.2) is 22.6 Å². The lowest BCUT2D eigenvalue weighted by Crippen LogP contribution is -2.18. The second-order valence-corrected chi connectivity index (χ2v) is 7.11. The molecule has 0 bridgehead atoms. The van der Waals surface area contributed by atoms with E-state index >= 15 is 4.39 Å². The van der Waals surface area contributed by atoms with Crippen LogP contribution in [0.5, 0.6) is 11.5 Å². The lowest BCUT2D eigenvalue weighted by molar-refractivity contribution is 0.472. The number of aromatic hydroxyl groups is 1. The first-order valence-electron chi connectivity index (χ1n) is 9.81. The normalized spacial score (nSPS) is 12.7. The van der Waals surface area contributed by atoms with Crippen LogP contribution in [-0.4, -0.2) is 11.0 Å². The number of anilines is 1. The van der Waals surface area contributed by atoms with E-state index in [2.05, 4.69) is 10.3 Å². The zero-order valence-electron chi connectivity index (χ0n) is 16.9. The van der Waals surface area contributed by atoms with E-state index < -0.39 is 29.0 Å². The lowest BCUT2D eigenvalue weighted by atomic mass is 10.0. The molecule has 0 atom stereocenters. The Morgan fingerprint density at radius 3 is 2.50 bits per heavy atom. The van der Waals surface area contributed by atoms with Crippen molar-refractivity contribution in [2.75, 3.05) is 5.32 Å². The predicted octanol–water partition coefficient (Wildman–Crippen LogP) is 6.31. The fourth-order valence-electron chi connectivity index (χ4n) is 3.27. The van der Waals surface area contributed by atoms with E-state index in [0.717, 1.165) is 35.9 Å². The minimum absolute atomic E-state index is 0.0406. The van der Waals surface area contributed by atoms with Crippen LogP contribution in [0.4, 0.5) is 23.2 Å². The van der Waals surface area contributed by atoms with Crippen LogP contribution in [0.1, 0.15) is 18.9 Å². The number of aliphatic imine (C=N–C) groups is 1. The number of rotatable bonds is 6. The second-order valence-electron chi connectivity index (χ2n) is 7.11. The molecule has 1 aliphatic rings. The van der Waals surface area contributed by atoms with Crippen LogP contribution in [0.25, 0.3) is 11.1 Å². The van der Waals surface area contributed by atoms with Crippen molar-refractivity contribution >= 4 is 11.6 Å². The summed E-state index contributed by atoms with van der Waals surface area (Å²) >= 11 is 0. The van der Waals surface area contributed by atoms with Gasteiger partial charge in [0.1, 0.15) is 28.9 Å². The van der Waals surface area contributed by atoms with Gasteiger partial charge in [0.2, 0.25) is 5.90 Å². The van der Waals surface area contributed by atoms with E-state index in [0.29, 0.717) is 6.42 Å². The van der Waals surface area contributed by atoms with Gasteiger partial charge in [-0.15, -0.1) is 0 Å². The molecule has 0 fully saturated rings. The van der Waals surface area contributed by atoms with Crippen molar-refractivity contribution in [2.45, 2.75) is 19.9 Å². The Morgan fingerprint density at radius 1 is 1.00 bits per heavy atom. The Labute approximate surface area is 181 Å². The van der Waals surface area contributed by atoms with E-state index in [1.165, 1.54) is 18.2 Å². The summed E-state index contributed by atoms with van der Waals surface area (Å²) in [5.74, 6) is -3.48. The number of halogens is 4. The maximum absolute atomic E-state index is 15.1. The summed E-state index contributed by atoms with van der Waals surface area (Å²) in [5, 5.41) is 12.5. The summed E-state index contributed by atoms with van der Waals surface area (Å²) in [6.07, 6.45) is 2.24. The number of ether oxygens (including phenoxy) is 1. The highest BCUT2D eigenvalue weighted by atomic mass is 19.1. The molecule has 0 amide bonds. The Bertz CT molecular complexity index is 1250. The third-order valence-corrected chi connectivity index (χ3v) is 4.98. The molecule has 0 spiro atoms. The van der Waals surface area contributed by atoms with Gasteiger partial charge in [-0.1, -0.05) is 19.1 Å². The smallest absolute Gasteiger partial charge is 0.224 e. The van der Waals surface area contributed by atoms with E-state index in [1.807, 2.05) is 6.92 Å². The van der Waals surface area contributed by atoms with Gasteiger partial charge in [-0.05, 0) is 48.4 Å². The van der Waals surface area contributed by atoms with Crippen LogP contribution in [-0.2, 0) is 6.54 Å². The minimum Gasteiger partial charge on any atom is -0.508 e. The highest BCUT2D eigenvalue weighted by molar-refractivity contribution is 5.99. The molecule has 3 aromatic rings. The summed E-state index contributed by atoms with van der Waals surface area (Å²) in [6, 6.07) is 9.67. The zero-order chi connectivity index (χ0) is 22.8. The van der Waals surface area contributed by atoms with Crippen LogP contribution < -0.4 is 10.1 Å². The first-order valence-corrected chi connectivity index (χ1v) is 9.81. The van der Waals surface area contributed by atoms with Crippen LogP contribution in [0.3, 0.4) is 0 Å². The third kappa shape index (κ3) is 4.16. The summed E-state index contributed by atoms with van der Waals surface area (Å²) in [6.45, 7) is 1.54. The molecule has 4 rings (SSSR count). The van der Waals surface area contributed by atoms with E-state index in [1.54, 1.807) is 6.20 Å². The molecule has 0 saturated heterocycles. The van der Waals surface area contributed by atoms with E-state index in [9.17, 15) is 18.3 Å². The highest BCUT2D eigenvalue weighted by Crippen LogP contribution is 2.33. The molecule has 0 aromatic heterocycles. The van der Waals surface area contributed by atoms with E-state index in [-0.39, 0.29) is 40.6 Å². The van der Waals surface area contributed by atoms with E-state index in [4.69, 9.17) is 4.74 Å². The predicted molar refractivity (Wildman–Crippen MR) is 114 cm³/mol. The maximum Gasteiger partial charge on any atom is 0.224 e. The molecular weight excluding hydrogens is 424 g/mol. The van der Waals surface area contributed by atoms with Gasteiger partial charge in [0.05, 0.1) is 0 Å². The number of hydrogen-bond donors (Lipinski definition) is 2. The lowest BCUT2D eigenvalue weighted by Gasteiger charge is -2.17. The van der Waals surface area contributed by atoms with Crippen LogP contribution in [0.15, 0.2) is 65.3 Å². The van der Waals surface area contributed by atoms with Crippen molar-refractivity contribution in [3.05, 3.63) is 89.1 Å². The van der Waals surface area contributed by atoms with Gasteiger partial charge >= 0.3 is 0 Å². The van der Waals surface area contributed by atoms with Crippen molar-refractivity contribution in [3.63, 3.8) is 0 Å². The maximum atomic E-state index is 15.1. The molecule has 4 nitrogen and oxygen atoms in total. The first-order chi connectivity index (χ1) is 15.4. The molecule has 32 heavy (non-hydrogen) atoms. The number of nitrogens with one attached hydrogen (secondary N) is 1. The molecule has 0 unspecified atom stereocenters. The van der Waals surface area contributed by atoms with Crippen molar-refractivity contribution < 1.29 is 27.4 Å². The summed E-state index contributed by atoms with van der Waals surface area (Å²) in [5.41, 5.74) is 0.401. The quantitative estimate of drug-likeness (QED) is 0.440. The van der Waals surface area contributed by atoms with Crippen molar-refractivity contribution in [2.24, 2.45) is 4.99 Å². The number of phenolic OH excluding ortho intramolecular Hbond substituents is 1. The molecule has 1 heterocycles. The van der Waals surface area contributed by atoms with Crippen LogP contribution in [0, 0.1) is 23.3 Å². The fraction of sp³-hybridized carbons (Fsp3) is 0.125. The molecule has 0 aliphatic carbocycles. The minimum atomic E-state index is -0.999. The van der Waals surface area contributed by atoms with Gasteiger partial charge < -0.3 is 15.2 Å². The van der Waals surface area contributed by atoms with Gasteiger partial charge in [0.25, 0.3) is 0 Å². The zero-order valence-corrected chi connectivity index (χ0v) is 16.9. The second kappa shape index (κ2) is 8.74. The molecular formula is C24H18F4N2O2. The third-order valence-electron chi connectivity index (χ3n) is 4.98. The Hall–Kier alpha value is -3.81. The number of phenols is 1. The van der Waals surface area contributed by atoms with Gasteiger partial charge in [0.15, 0.2) is 11.6 Å². The molecule has 2 N–H and O–H groups in total. The average molecular weight is 442 g/mol. The molecule has 164 valence electrons. The van der Waals surface area contributed by atoms with Crippen molar-refractivity contribution in [1.29, 1.82) is 0 Å². The Balaban J connectivity index is 1.59. The molecule has 0 radical (unpaired) electrons. The highest BCUT2D eigenvalue weighted by Gasteiger charge is 2.21. The topological polar surface area (TPSA) is 53.8 Å². The van der Waals surface area contributed by atoms with Gasteiger partial charge in [-0.2, -0.15) is 0 Å². The largest absolute Gasteiger partial charge is 0.508 e. The van der Waals surface area contributed by atoms with Gasteiger partial charge in [0, 0.05) is 29.4 Å². The molecule has 1 aliphatic heterocycles. The number of hydrogen-bond acceptors (Lipinski definition) is 4. The number of benzene rings is 3. The SMILES string of the molecule is CCC1=CN=C1Oc1ccc(F)c(NCc2cc(O)cc(-c3cccc(F)c3)c2F)c1F. The van der Waals surface area contributed by atoms with Crippen molar-refractivity contribution in [1.82, 2.24) is 0 Å². The van der Waals surface area contributed by atoms with Crippen LogP contribution >= 0.6 is 0 Å². The number of nitrogens with zero attached hydrogens (tertiary/aromatic N) is 1. The molecule has 8 heteroatoms. The summed E-state index contributed by atoms with van der Waals surface area (Å²) in [7, 11) is 0.